The molecule has 25 heavy (non-hydrogen) atoms. The highest BCUT2D eigenvalue weighted by Gasteiger charge is 2.11. The van der Waals surface area contributed by atoms with E-state index in [1.807, 2.05) is 0 Å². The van der Waals surface area contributed by atoms with Gasteiger partial charge in [-0.3, -0.25) is 4.79 Å². The minimum Gasteiger partial charge on any atom is -0.497 e. The number of hydrogen-bond donors (Lipinski definition) is 2. The summed E-state index contributed by atoms with van der Waals surface area (Å²) in [7, 11) is 1.52. The molecule has 2 N–H and O–H groups in total. The molecule has 1 heterocycles. The molecule has 1 amide bonds. The van der Waals surface area contributed by atoms with E-state index in [1.165, 1.54) is 37.4 Å². The third-order valence-electron chi connectivity index (χ3n) is 3.46. The molecule has 0 unspecified atom stereocenters. The number of rotatable bonds is 4. The maximum atomic E-state index is 13.0. The van der Waals surface area contributed by atoms with Crippen molar-refractivity contribution in [2.75, 3.05) is 12.4 Å². The average molecular weight is 339 g/mol. The SMILES string of the molecule is COc1cccc(NC(=O)c2cc(-c3ccc(F)cc3)nc(=O)[nH]2)c1. The van der Waals surface area contributed by atoms with Crippen molar-refractivity contribution in [2.24, 2.45) is 0 Å². The molecular formula is C18H14FN3O3. The van der Waals surface area contributed by atoms with Crippen LogP contribution in [0.4, 0.5) is 10.1 Å². The Balaban J connectivity index is 1.90. The van der Waals surface area contributed by atoms with Gasteiger partial charge in [-0.1, -0.05) is 6.07 Å². The summed E-state index contributed by atoms with van der Waals surface area (Å²) in [5.41, 5.74) is 0.701. The Kier molecular flexibility index (Phi) is 4.56. The number of ether oxygens (including phenoxy) is 1. The van der Waals surface area contributed by atoms with E-state index < -0.39 is 17.4 Å². The number of hydrogen-bond acceptors (Lipinski definition) is 4. The van der Waals surface area contributed by atoms with E-state index in [0.29, 0.717) is 17.0 Å². The summed E-state index contributed by atoms with van der Waals surface area (Å²) < 4.78 is 18.1. The van der Waals surface area contributed by atoms with Gasteiger partial charge in [0.1, 0.15) is 17.3 Å². The first kappa shape index (κ1) is 16.4. The Hall–Kier alpha value is -3.48. The topological polar surface area (TPSA) is 84.1 Å². The molecule has 3 aromatic rings. The number of nitrogens with zero attached hydrogens (tertiary/aromatic N) is 1. The van der Waals surface area contributed by atoms with Gasteiger partial charge in [-0.05, 0) is 42.5 Å². The largest absolute Gasteiger partial charge is 0.497 e. The summed E-state index contributed by atoms with van der Waals surface area (Å²) in [6, 6.07) is 13.7. The predicted molar refractivity (Wildman–Crippen MR) is 91.2 cm³/mol. The minimum atomic E-state index is -0.669. The van der Waals surface area contributed by atoms with Gasteiger partial charge in [0.05, 0.1) is 12.8 Å². The Morgan fingerprint density at radius 2 is 1.92 bits per heavy atom. The maximum Gasteiger partial charge on any atom is 0.346 e. The van der Waals surface area contributed by atoms with Crippen LogP contribution in [0.2, 0.25) is 0 Å². The number of amides is 1. The molecule has 0 saturated carbocycles. The fourth-order valence-corrected chi connectivity index (χ4v) is 2.25. The Morgan fingerprint density at radius 1 is 1.16 bits per heavy atom. The summed E-state index contributed by atoms with van der Waals surface area (Å²) in [5, 5.41) is 2.67. The first-order valence-electron chi connectivity index (χ1n) is 7.38. The van der Waals surface area contributed by atoms with E-state index in [0.717, 1.165) is 0 Å². The fraction of sp³-hybridized carbons (Fsp3) is 0.0556. The van der Waals surface area contributed by atoms with Gasteiger partial charge in [-0.15, -0.1) is 0 Å². The lowest BCUT2D eigenvalue weighted by atomic mass is 10.1. The molecule has 0 fully saturated rings. The van der Waals surface area contributed by atoms with Crippen molar-refractivity contribution in [1.29, 1.82) is 0 Å². The van der Waals surface area contributed by atoms with Gasteiger partial charge in [0, 0.05) is 17.3 Å². The molecule has 0 bridgehead atoms. The van der Waals surface area contributed by atoms with Crippen LogP contribution >= 0.6 is 0 Å². The van der Waals surface area contributed by atoms with Crippen LogP contribution in [0.3, 0.4) is 0 Å². The van der Waals surface area contributed by atoms with Crippen molar-refractivity contribution in [3.05, 3.63) is 76.6 Å². The summed E-state index contributed by atoms with van der Waals surface area (Å²) in [6.07, 6.45) is 0. The number of carbonyl (C=O) groups excluding carboxylic acids is 1. The highest BCUT2D eigenvalue weighted by Crippen LogP contribution is 2.19. The molecule has 0 radical (unpaired) electrons. The fourth-order valence-electron chi connectivity index (χ4n) is 2.25. The van der Waals surface area contributed by atoms with Crippen LogP contribution in [0, 0.1) is 5.82 Å². The number of halogens is 1. The van der Waals surface area contributed by atoms with E-state index in [-0.39, 0.29) is 11.4 Å². The van der Waals surface area contributed by atoms with Crippen LogP contribution < -0.4 is 15.7 Å². The van der Waals surface area contributed by atoms with Crippen molar-refractivity contribution in [1.82, 2.24) is 9.97 Å². The zero-order valence-corrected chi connectivity index (χ0v) is 13.2. The van der Waals surface area contributed by atoms with E-state index >= 15 is 0 Å². The second kappa shape index (κ2) is 6.96. The lowest BCUT2D eigenvalue weighted by Crippen LogP contribution is -2.21. The van der Waals surface area contributed by atoms with E-state index in [2.05, 4.69) is 15.3 Å². The number of aromatic amines is 1. The third-order valence-corrected chi connectivity index (χ3v) is 3.46. The van der Waals surface area contributed by atoms with Crippen molar-refractivity contribution in [2.45, 2.75) is 0 Å². The van der Waals surface area contributed by atoms with E-state index in [9.17, 15) is 14.0 Å². The van der Waals surface area contributed by atoms with Gasteiger partial charge in [-0.2, -0.15) is 4.98 Å². The summed E-state index contributed by atoms with van der Waals surface area (Å²) in [4.78, 5) is 30.4. The molecule has 126 valence electrons. The summed E-state index contributed by atoms with van der Waals surface area (Å²) in [5.74, 6) is -0.311. The average Bonchev–Trinajstić information content (AvgIpc) is 2.62. The van der Waals surface area contributed by atoms with Crippen LogP contribution in [0.25, 0.3) is 11.3 Å². The van der Waals surface area contributed by atoms with Crippen molar-refractivity contribution < 1.29 is 13.9 Å². The first-order chi connectivity index (χ1) is 12.0. The molecule has 6 nitrogen and oxygen atoms in total. The van der Waals surface area contributed by atoms with Crippen molar-refractivity contribution in [3.63, 3.8) is 0 Å². The smallest absolute Gasteiger partial charge is 0.346 e. The normalized spacial score (nSPS) is 10.3. The van der Waals surface area contributed by atoms with Gasteiger partial charge in [0.2, 0.25) is 0 Å². The van der Waals surface area contributed by atoms with Gasteiger partial charge < -0.3 is 15.0 Å². The Labute approximate surface area is 142 Å². The molecule has 0 aliphatic rings. The number of nitrogens with one attached hydrogen (secondary N) is 2. The molecule has 1 aromatic heterocycles. The summed E-state index contributed by atoms with van der Waals surface area (Å²) >= 11 is 0. The minimum absolute atomic E-state index is 0.0437. The zero-order valence-electron chi connectivity index (χ0n) is 13.2. The molecule has 0 aliphatic carbocycles. The number of methoxy groups -OCH3 is 1. The standard InChI is InChI=1S/C18H14FN3O3/c1-25-14-4-2-3-13(9-14)20-17(23)16-10-15(21-18(24)22-16)11-5-7-12(19)8-6-11/h2-10H,1H3,(H,20,23)(H,21,22,24). The van der Waals surface area contributed by atoms with Crippen LogP contribution in [0.1, 0.15) is 10.5 Å². The van der Waals surface area contributed by atoms with Crippen LogP contribution in [0.5, 0.6) is 5.75 Å². The number of benzene rings is 2. The Morgan fingerprint density at radius 3 is 2.64 bits per heavy atom. The maximum absolute atomic E-state index is 13.0. The van der Waals surface area contributed by atoms with E-state index in [1.54, 1.807) is 24.3 Å². The zero-order chi connectivity index (χ0) is 17.8. The molecule has 3 rings (SSSR count). The first-order valence-corrected chi connectivity index (χ1v) is 7.38. The lowest BCUT2D eigenvalue weighted by Gasteiger charge is -2.08. The second-order valence-electron chi connectivity index (χ2n) is 5.18. The molecule has 0 aliphatic heterocycles. The third kappa shape index (κ3) is 3.89. The quantitative estimate of drug-likeness (QED) is 0.765. The number of aromatic nitrogens is 2. The monoisotopic (exact) mass is 339 g/mol. The van der Waals surface area contributed by atoms with Gasteiger partial charge >= 0.3 is 5.69 Å². The van der Waals surface area contributed by atoms with E-state index in [4.69, 9.17) is 4.74 Å². The van der Waals surface area contributed by atoms with Crippen LogP contribution in [-0.4, -0.2) is 23.0 Å². The summed E-state index contributed by atoms with van der Waals surface area (Å²) in [6.45, 7) is 0. The highest BCUT2D eigenvalue weighted by molar-refractivity contribution is 6.03. The molecule has 7 heteroatoms. The van der Waals surface area contributed by atoms with Gasteiger partial charge in [-0.25, -0.2) is 9.18 Å². The number of H-pyrrole nitrogens is 1. The number of carbonyl (C=O) groups is 1. The molecule has 0 saturated heterocycles. The van der Waals surface area contributed by atoms with Gasteiger partial charge in [0.15, 0.2) is 0 Å². The second-order valence-corrected chi connectivity index (χ2v) is 5.18. The van der Waals surface area contributed by atoms with Crippen LogP contribution in [0.15, 0.2) is 59.4 Å². The molecule has 2 aromatic carbocycles. The number of anilines is 1. The lowest BCUT2D eigenvalue weighted by molar-refractivity contribution is 0.102. The molecular weight excluding hydrogens is 325 g/mol. The van der Waals surface area contributed by atoms with Gasteiger partial charge in [0.25, 0.3) is 5.91 Å². The molecule has 0 atom stereocenters. The molecule has 0 spiro atoms. The van der Waals surface area contributed by atoms with Crippen molar-refractivity contribution >= 4 is 11.6 Å². The van der Waals surface area contributed by atoms with Crippen LogP contribution in [-0.2, 0) is 0 Å². The Bertz CT molecular complexity index is 968. The predicted octanol–water partition coefficient (Wildman–Crippen LogP) is 2.84. The highest BCUT2D eigenvalue weighted by atomic mass is 19.1. The van der Waals surface area contributed by atoms with Crippen molar-refractivity contribution in [3.8, 4) is 17.0 Å².